The molecule has 1 saturated heterocycles. The van der Waals surface area contributed by atoms with E-state index in [9.17, 15) is 9.59 Å². The fourth-order valence-electron chi connectivity index (χ4n) is 2.67. The Balaban J connectivity index is 2.10. The highest BCUT2D eigenvalue weighted by molar-refractivity contribution is 5.88. The number of likely N-dealkylation sites (tertiary alicyclic amines) is 1. The Hall–Kier alpha value is -1.38. The number of hydrogen-bond acceptors (Lipinski definition) is 2. The zero-order valence-electron chi connectivity index (χ0n) is 11.5. The van der Waals surface area contributed by atoms with Gasteiger partial charge in [0.2, 0.25) is 5.91 Å². The van der Waals surface area contributed by atoms with E-state index in [4.69, 9.17) is 0 Å². The number of amides is 1. The van der Waals surface area contributed by atoms with Gasteiger partial charge in [0.1, 0.15) is 5.78 Å². The fraction of sp³-hybridized carbons (Fsp3) is 0.600. The molecule has 1 unspecified atom stereocenters. The minimum atomic E-state index is -0.427. The van der Waals surface area contributed by atoms with E-state index in [-0.39, 0.29) is 11.7 Å². The minimum absolute atomic E-state index is 0.165. The summed E-state index contributed by atoms with van der Waals surface area (Å²) in [6.07, 6.45) is 5.89. The van der Waals surface area contributed by atoms with Gasteiger partial charge >= 0.3 is 0 Å². The van der Waals surface area contributed by atoms with E-state index < -0.39 is 5.41 Å². The first-order valence-electron chi connectivity index (χ1n) is 6.59. The van der Waals surface area contributed by atoms with Gasteiger partial charge in [-0.05, 0) is 27.2 Å². The molecule has 1 aliphatic heterocycles. The largest absolute Gasteiger partial charge is 0.341 e. The number of Topliss-reactive ketones (excluding diaryl/α,β-unsaturated/α-hetero) is 1. The van der Waals surface area contributed by atoms with Crippen LogP contribution in [-0.4, -0.2) is 29.7 Å². The predicted octanol–water partition coefficient (Wildman–Crippen LogP) is 2.48. The van der Waals surface area contributed by atoms with Crippen LogP contribution in [0.4, 0.5) is 0 Å². The van der Waals surface area contributed by atoms with Gasteiger partial charge in [0.05, 0.1) is 5.41 Å². The Kier molecular flexibility index (Phi) is 3.42. The number of piperidine rings is 1. The van der Waals surface area contributed by atoms with Gasteiger partial charge in [-0.25, -0.2) is 0 Å². The van der Waals surface area contributed by atoms with Gasteiger partial charge < -0.3 is 4.90 Å². The molecule has 3 heteroatoms. The molecular formula is C15H21NO2. The number of carbonyl (C=O) groups excluding carboxylic acids is 2. The first kappa shape index (κ1) is 13.1. The third-order valence-corrected chi connectivity index (χ3v) is 4.10. The van der Waals surface area contributed by atoms with Crippen LogP contribution in [0.3, 0.4) is 0 Å². The summed E-state index contributed by atoms with van der Waals surface area (Å²) in [7, 11) is 0. The Morgan fingerprint density at radius 1 is 1.28 bits per heavy atom. The van der Waals surface area contributed by atoms with Gasteiger partial charge in [0.25, 0.3) is 0 Å². The van der Waals surface area contributed by atoms with Crippen molar-refractivity contribution in [1.29, 1.82) is 0 Å². The zero-order valence-corrected chi connectivity index (χ0v) is 11.5. The lowest BCUT2D eigenvalue weighted by Gasteiger charge is -2.36. The predicted molar refractivity (Wildman–Crippen MR) is 71.1 cm³/mol. The summed E-state index contributed by atoms with van der Waals surface area (Å²) in [5, 5.41) is 0. The molecule has 1 amide bonds. The third kappa shape index (κ3) is 2.40. The van der Waals surface area contributed by atoms with E-state index >= 15 is 0 Å². The van der Waals surface area contributed by atoms with Gasteiger partial charge in [0.15, 0.2) is 0 Å². The fourth-order valence-corrected chi connectivity index (χ4v) is 2.67. The second-order valence-corrected chi connectivity index (χ2v) is 5.72. The Morgan fingerprint density at radius 3 is 2.44 bits per heavy atom. The van der Waals surface area contributed by atoms with Crippen LogP contribution in [0.5, 0.6) is 0 Å². The van der Waals surface area contributed by atoms with Crippen molar-refractivity contribution >= 4 is 11.7 Å². The number of nitrogens with zero attached hydrogens (tertiary/aromatic N) is 1. The summed E-state index contributed by atoms with van der Waals surface area (Å²) in [4.78, 5) is 25.6. The van der Waals surface area contributed by atoms with Crippen molar-refractivity contribution in [1.82, 2.24) is 4.90 Å². The van der Waals surface area contributed by atoms with Gasteiger partial charge in [-0.3, -0.25) is 9.59 Å². The van der Waals surface area contributed by atoms with E-state index in [0.717, 1.165) is 6.42 Å². The highest BCUT2D eigenvalue weighted by Crippen LogP contribution is 2.35. The molecule has 0 bridgehead atoms. The third-order valence-electron chi connectivity index (χ3n) is 4.10. The lowest BCUT2D eigenvalue weighted by atomic mass is 9.77. The lowest BCUT2D eigenvalue weighted by Crippen LogP contribution is -2.46. The summed E-state index contributed by atoms with van der Waals surface area (Å²) < 4.78 is 0. The van der Waals surface area contributed by atoms with Gasteiger partial charge in [0, 0.05) is 25.9 Å². The first-order valence-corrected chi connectivity index (χ1v) is 6.59. The van der Waals surface area contributed by atoms with Crippen molar-refractivity contribution in [3.05, 3.63) is 23.3 Å². The Morgan fingerprint density at radius 2 is 1.89 bits per heavy atom. The van der Waals surface area contributed by atoms with E-state index in [1.54, 1.807) is 0 Å². The highest BCUT2D eigenvalue weighted by Gasteiger charge is 2.37. The van der Waals surface area contributed by atoms with Crippen molar-refractivity contribution in [3.63, 3.8) is 0 Å². The van der Waals surface area contributed by atoms with Crippen LogP contribution in [0.25, 0.3) is 0 Å². The van der Waals surface area contributed by atoms with Crippen LogP contribution >= 0.6 is 0 Å². The molecule has 0 aromatic carbocycles. The average molecular weight is 247 g/mol. The van der Waals surface area contributed by atoms with Gasteiger partial charge in [-0.15, -0.1) is 0 Å². The second-order valence-electron chi connectivity index (χ2n) is 5.72. The second kappa shape index (κ2) is 4.71. The zero-order chi connectivity index (χ0) is 13.3. The van der Waals surface area contributed by atoms with Crippen molar-refractivity contribution in [2.75, 3.05) is 13.1 Å². The summed E-state index contributed by atoms with van der Waals surface area (Å²) in [5.41, 5.74) is 2.11. The minimum Gasteiger partial charge on any atom is -0.341 e. The molecular weight excluding hydrogens is 226 g/mol. The van der Waals surface area contributed by atoms with Gasteiger partial charge in [-0.1, -0.05) is 23.3 Å². The van der Waals surface area contributed by atoms with E-state index in [1.807, 2.05) is 24.0 Å². The molecule has 1 aliphatic carbocycles. The van der Waals surface area contributed by atoms with Gasteiger partial charge in [-0.2, -0.15) is 0 Å². The molecule has 0 aromatic heterocycles. The number of allylic oxidation sites excluding steroid dienone is 3. The quantitative estimate of drug-likeness (QED) is 0.714. The molecule has 1 heterocycles. The molecule has 0 radical (unpaired) electrons. The molecule has 0 saturated carbocycles. The number of hydrogen-bond donors (Lipinski definition) is 0. The molecule has 2 rings (SSSR count). The molecule has 2 aliphatic rings. The molecule has 0 aromatic rings. The molecule has 1 fully saturated rings. The van der Waals surface area contributed by atoms with Crippen LogP contribution in [0.2, 0.25) is 0 Å². The van der Waals surface area contributed by atoms with E-state index in [0.29, 0.717) is 25.9 Å². The van der Waals surface area contributed by atoms with Crippen molar-refractivity contribution in [2.24, 2.45) is 5.41 Å². The normalized spacial score (nSPS) is 28.8. The maximum Gasteiger partial charge on any atom is 0.232 e. The molecule has 3 nitrogen and oxygen atoms in total. The first-order chi connectivity index (χ1) is 8.42. The average Bonchev–Trinajstić information content (AvgIpc) is 2.34. The monoisotopic (exact) mass is 247 g/mol. The maximum atomic E-state index is 12.6. The van der Waals surface area contributed by atoms with Crippen LogP contribution < -0.4 is 0 Å². The van der Waals surface area contributed by atoms with Crippen LogP contribution in [-0.2, 0) is 9.59 Å². The van der Waals surface area contributed by atoms with Crippen molar-refractivity contribution < 1.29 is 9.59 Å². The number of carbonyl (C=O) groups is 2. The van der Waals surface area contributed by atoms with Crippen LogP contribution in [0, 0.1) is 5.41 Å². The standard InChI is InChI=1S/C15H21NO2/c1-11-4-7-15(3,10-12(11)2)14(18)16-8-5-13(17)6-9-16/h4,7H,5-6,8-10H2,1-3H3. The topological polar surface area (TPSA) is 37.4 Å². The summed E-state index contributed by atoms with van der Waals surface area (Å²) >= 11 is 0. The molecule has 1 atom stereocenters. The molecule has 98 valence electrons. The Labute approximate surface area is 109 Å². The Bertz CT molecular complexity index is 437. The molecule has 0 spiro atoms. The summed E-state index contributed by atoms with van der Waals surface area (Å²) in [5.74, 6) is 0.438. The van der Waals surface area contributed by atoms with Crippen molar-refractivity contribution in [3.8, 4) is 0 Å². The number of rotatable bonds is 1. The maximum absolute atomic E-state index is 12.6. The van der Waals surface area contributed by atoms with E-state index in [2.05, 4.69) is 13.8 Å². The molecule has 0 N–H and O–H groups in total. The smallest absolute Gasteiger partial charge is 0.232 e. The number of ketones is 1. The highest BCUT2D eigenvalue weighted by atomic mass is 16.2. The van der Waals surface area contributed by atoms with E-state index in [1.165, 1.54) is 11.1 Å². The summed E-state index contributed by atoms with van der Waals surface area (Å²) in [6, 6.07) is 0. The van der Waals surface area contributed by atoms with Crippen molar-refractivity contribution in [2.45, 2.75) is 40.0 Å². The lowest BCUT2D eigenvalue weighted by molar-refractivity contribution is -0.141. The van der Waals surface area contributed by atoms with Crippen LogP contribution in [0.1, 0.15) is 40.0 Å². The van der Waals surface area contributed by atoms with Crippen LogP contribution in [0.15, 0.2) is 23.3 Å². The summed E-state index contributed by atoms with van der Waals surface area (Å²) in [6.45, 7) is 7.34. The molecule has 18 heavy (non-hydrogen) atoms. The SMILES string of the molecule is CC1=C(C)CC(C)(C(=O)N2CCC(=O)CC2)C=C1.